The molecule has 1 fully saturated rings. The van der Waals surface area contributed by atoms with Gasteiger partial charge in [-0.05, 0) is 44.2 Å². The third kappa shape index (κ3) is 3.47. The van der Waals surface area contributed by atoms with E-state index < -0.39 is 10.0 Å². The maximum atomic E-state index is 12.0. The van der Waals surface area contributed by atoms with Crippen molar-refractivity contribution in [2.24, 2.45) is 5.14 Å². The van der Waals surface area contributed by atoms with Gasteiger partial charge in [0.15, 0.2) is 0 Å². The Balaban J connectivity index is 0.00000176. The maximum Gasteiger partial charge on any atom is 0.238 e. The number of allylic oxidation sites excluding steroid dienone is 2. The molecule has 1 unspecified atom stereocenters. The van der Waals surface area contributed by atoms with E-state index in [0.717, 1.165) is 37.2 Å². The van der Waals surface area contributed by atoms with Crippen LogP contribution in [0.5, 0.6) is 0 Å². The average molecular weight is 343 g/mol. The van der Waals surface area contributed by atoms with Crippen molar-refractivity contribution in [3.63, 3.8) is 0 Å². The lowest BCUT2D eigenvalue weighted by Crippen LogP contribution is -2.31. The topological polar surface area (TPSA) is 63.4 Å². The second kappa shape index (κ2) is 7.02. The minimum Gasteiger partial charge on any atom is -0.371 e. The Labute approximate surface area is 138 Å². The van der Waals surface area contributed by atoms with Gasteiger partial charge in [0.05, 0.1) is 4.90 Å². The Morgan fingerprint density at radius 3 is 2.45 bits per heavy atom. The normalized spacial score (nSPS) is 21.7. The van der Waals surface area contributed by atoms with Crippen LogP contribution in [0.4, 0.5) is 5.69 Å². The zero-order chi connectivity index (χ0) is 14.9. The molecule has 1 aromatic rings. The second-order valence-corrected chi connectivity index (χ2v) is 7.42. The van der Waals surface area contributed by atoms with Crippen molar-refractivity contribution in [2.45, 2.75) is 42.9 Å². The highest BCUT2D eigenvalue weighted by atomic mass is 35.5. The van der Waals surface area contributed by atoms with Crippen LogP contribution in [0.15, 0.2) is 35.2 Å². The summed E-state index contributed by atoms with van der Waals surface area (Å²) in [7, 11) is -3.69. The van der Waals surface area contributed by atoms with E-state index in [0.29, 0.717) is 4.90 Å². The first-order valence-corrected chi connectivity index (χ1v) is 9.19. The summed E-state index contributed by atoms with van der Waals surface area (Å²) in [6.07, 6.45) is 9.81. The molecule has 4 nitrogen and oxygen atoms in total. The molecule has 1 aromatic carbocycles. The predicted molar refractivity (Wildman–Crippen MR) is 92.2 cm³/mol. The summed E-state index contributed by atoms with van der Waals surface area (Å²) in [5.41, 5.74) is 1.95. The van der Waals surface area contributed by atoms with E-state index in [9.17, 15) is 8.42 Å². The van der Waals surface area contributed by atoms with Gasteiger partial charge in [-0.1, -0.05) is 18.2 Å². The molecular weight excluding hydrogens is 320 g/mol. The number of nitrogens with zero attached hydrogens (tertiary/aromatic N) is 1. The molecule has 0 amide bonds. The Bertz CT molecular complexity index is 652. The number of nitrogens with two attached hydrogens (primary N) is 1. The van der Waals surface area contributed by atoms with Gasteiger partial charge < -0.3 is 4.90 Å². The van der Waals surface area contributed by atoms with Gasteiger partial charge in [-0.15, -0.1) is 12.4 Å². The first kappa shape index (κ1) is 17.3. The Morgan fingerprint density at radius 2 is 1.86 bits per heavy atom. The van der Waals surface area contributed by atoms with Gasteiger partial charge in [-0.2, -0.15) is 0 Å². The molecule has 2 aliphatic rings. The summed E-state index contributed by atoms with van der Waals surface area (Å²) in [6.45, 7) is 2.00. The molecular formula is C16H23ClN2O2S. The molecule has 3 rings (SSSR count). The molecule has 1 aliphatic carbocycles. The van der Waals surface area contributed by atoms with Crippen molar-refractivity contribution in [1.82, 2.24) is 0 Å². The molecule has 1 aliphatic heterocycles. The van der Waals surface area contributed by atoms with Crippen LogP contribution in [-0.2, 0) is 10.0 Å². The largest absolute Gasteiger partial charge is 0.371 e. The average Bonchev–Trinajstić information content (AvgIpc) is 3.00. The van der Waals surface area contributed by atoms with E-state index in [1.165, 1.54) is 19.3 Å². The molecule has 2 N–H and O–H groups in total. The maximum absolute atomic E-state index is 12.0. The van der Waals surface area contributed by atoms with Crippen LogP contribution in [0, 0.1) is 0 Å². The predicted octanol–water partition coefficient (Wildman–Crippen LogP) is 3.18. The Hall–Kier alpha value is -1.04. The SMILES string of the molecule is Cl.NS(=O)(=O)c1cccc(N2CCCCC2)c1C1C=CCC1. The van der Waals surface area contributed by atoms with Gasteiger partial charge in [0.1, 0.15) is 0 Å². The zero-order valence-electron chi connectivity index (χ0n) is 12.6. The van der Waals surface area contributed by atoms with Gasteiger partial charge in [0, 0.05) is 30.3 Å². The summed E-state index contributed by atoms with van der Waals surface area (Å²) in [4.78, 5) is 2.61. The standard InChI is InChI=1S/C16H22N2O2S.ClH/c17-21(19,20)15-10-6-9-14(18-11-4-1-5-12-18)16(15)13-7-2-3-8-13;/h2,6-7,9-10,13H,1,3-5,8,11-12H2,(H2,17,19,20);1H. The van der Waals surface area contributed by atoms with E-state index in [-0.39, 0.29) is 18.3 Å². The number of hydrogen-bond acceptors (Lipinski definition) is 3. The first-order chi connectivity index (χ1) is 10.1. The molecule has 22 heavy (non-hydrogen) atoms. The number of primary sulfonamides is 1. The van der Waals surface area contributed by atoms with Gasteiger partial charge in [-0.3, -0.25) is 0 Å². The smallest absolute Gasteiger partial charge is 0.238 e. The number of anilines is 1. The van der Waals surface area contributed by atoms with Crippen LogP contribution in [0.25, 0.3) is 0 Å². The van der Waals surface area contributed by atoms with Gasteiger partial charge >= 0.3 is 0 Å². The monoisotopic (exact) mass is 342 g/mol. The van der Waals surface area contributed by atoms with Crippen molar-refractivity contribution in [2.75, 3.05) is 18.0 Å². The van der Waals surface area contributed by atoms with Crippen LogP contribution in [0.1, 0.15) is 43.6 Å². The third-order valence-electron chi connectivity index (χ3n) is 4.43. The minimum atomic E-state index is -3.69. The van der Waals surface area contributed by atoms with Crippen LogP contribution < -0.4 is 10.0 Å². The third-order valence-corrected chi connectivity index (χ3v) is 5.40. The van der Waals surface area contributed by atoms with Crippen LogP contribution in [0.3, 0.4) is 0 Å². The van der Waals surface area contributed by atoms with E-state index in [1.54, 1.807) is 6.07 Å². The molecule has 1 saturated heterocycles. The molecule has 0 spiro atoms. The van der Waals surface area contributed by atoms with Gasteiger partial charge in [-0.25, -0.2) is 13.6 Å². The summed E-state index contributed by atoms with van der Waals surface area (Å²) in [5, 5.41) is 5.45. The number of piperidine rings is 1. The lowest BCUT2D eigenvalue weighted by Gasteiger charge is -2.32. The molecule has 1 heterocycles. The number of halogens is 1. The van der Waals surface area contributed by atoms with Crippen molar-refractivity contribution < 1.29 is 8.42 Å². The zero-order valence-corrected chi connectivity index (χ0v) is 14.2. The molecule has 0 radical (unpaired) electrons. The summed E-state index contributed by atoms with van der Waals surface area (Å²) in [5.74, 6) is 0.163. The molecule has 0 bridgehead atoms. The van der Waals surface area contributed by atoms with E-state index in [2.05, 4.69) is 17.1 Å². The van der Waals surface area contributed by atoms with Gasteiger partial charge in [0.25, 0.3) is 0 Å². The highest BCUT2D eigenvalue weighted by Crippen LogP contribution is 2.39. The van der Waals surface area contributed by atoms with E-state index >= 15 is 0 Å². The Morgan fingerprint density at radius 1 is 1.14 bits per heavy atom. The fourth-order valence-electron chi connectivity index (χ4n) is 3.44. The van der Waals surface area contributed by atoms with E-state index in [1.807, 2.05) is 12.1 Å². The first-order valence-electron chi connectivity index (χ1n) is 7.65. The quantitative estimate of drug-likeness (QED) is 0.858. The van der Waals surface area contributed by atoms with Crippen molar-refractivity contribution in [1.29, 1.82) is 0 Å². The summed E-state index contributed by atoms with van der Waals surface area (Å²) < 4.78 is 24.0. The van der Waals surface area contributed by atoms with Crippen molar-refractivity contribution in [3.05, 3.63) is 35.9 Å². The number of benzene rings is 1. The molecule has 122 valence electrons. The minimum absolute atomic E-state index is 0. The fraction of sp³-hybridized carbons (Fsp3) is 0.500. The summed E-state index contributed by atoms with van der Waals surface area (Å²) in [6, 6.07) is 5.50. The van der Waals surface area contributed by atoms with Crippen molar-refractivity contribution in [3.8, 4) is 0 Å². The molecule has 6 heteroatoms. The van der Waals surface area contributed by atoms with E-state index in [4.69, 9.17) is 5.14 Å². The van der Waals surface area contributed by atoms with Crippen molar-refractivity contribution >= 4 is 28.1 Å². The number of rotatable bonds is 3. The Kier molecular flexibility index (Phi) is 5.53. The molecule has 0 saturated carbocycles. The lowest BCUT2D eigenvalue weighted by molar-refractivity contribution is 0.572. The van der Waals surface area contributed by atoms with Crippen LogP contribution >= 0.6 is 12.4 Å². The second-order valence-electron chi connectivity index (χ2n) is 5.89. The fourth-order valence-corrected chi connectivity index (χ4v) is 4.27. The highest BCUT2D eigenvalue weighted by molar-refractivity contribution is 7.89. The van der Waals surface area contributed by atoms with Crippen LogP contribution in [0.2, 0.25) is 0 Å². The van der Waals surface area contributed by atoms with Crippen LogP contribution in [-0.4, -0.2) is 21.5 Å². The summed E-state index contributed by atoms with van der Waals surface area (Å²) >= 11 is 0. The number of sulfonamides is 1. The molecule has 1 atom stereocenters. The molecule has 0 aromatic heterocycles. The number of hydrogen-bond donors (Lipinski definition) is 1. The highest BCUT2D eigenvalue weighted by Gasteiger charge is 2.26. The van der Waals surface area contributed by atoms with Gasteiger partial charge in [0.2, 0.25) is 10.0 Å². The lowest BCUT2D eigenvalue weighted by atomic mass is 9.95.